The summed E-state index contributed by atoms with van der Waals surface area (Å²) in [5, 5.41) is 3.21. The maximum Gasteiger partial charge on any atom is 0.278 e. The highest BCUT2D eigenvalue weighted by Crippen LogP contribution is 2.35. The molecule has 0 atom stereocenters. The normalized spacial score (nSPS) is 13.6. The standard InChI is InChI=1S/C27H34N2O5/c1-6-32-15-9-14-29-26(30)24(21-12-10-18(4)16-19(21)5)25(27(29)31)28-20-11-13-22(33-7-2)23(17-20)34-8-3/h10-13,16-17,28H,6-9,14-15H2,1-5H3. The first-order chi connectivity index (χ1) is 16.4. The second-order valence-electron chi connectivity index (χ2n) is 8.03. The first-order valence-electron chi connectivity index (χ1n) is 11.8. The number of amides is 2. The number of hydrogen-bond donors (Lipinski definition) is 1. The molecule has 7 nitrogen and oxygen atoms in total. The van der Waals surface area contributed by atoms with E-state index in [1.807, 2.05) is 58.9 Å². The molecule has 0 radical (unpaired) electrons. The van der Waals surface area contributed by atoms with Crippen molar-refractivity contribution in [2.45, 2.75) is 41.0 Å². The Kier molecular flexibility index (Phi) is 8.71. The number of rotatable bonds is 12. The number of imide groups is 1. The molecule has 2 aromatic rings. The lowest BCUT2D eigenvalue weighted by molar-refractivity contribution is -0.137. The zero-order valence-corrected chi connectivity index (χ0v) is 20.7. The van der Waals surface area contributed by atoms with Gasteiger partial charge in [0.05, 0.1) is 18.8 Å². The highest BCUT2D eigenvalue weighted by molar-refractivity contribution is 6.36. The minimum Gasteiger partial charge on any atom is -0.490 e. The van der Waals surface area contributed by atoms with E-state index in [2.05, 4.69) is 5.32 Å². The van der Waals surface area contributed by atoms with Gasteiger partial charge in [-0.15, -0.1) is 0 Å². The van der Waals surface area contributed by atoms with Crippen LogP contribution in [0.1, 0.15) is 43.9 Å². The number of benzene rings is 2. The van der Waals surface area contributed by atoms with Crippen LogP contribution < -0.4 is 14.8 Å². The van der Waals surface area contributed by atoms with Crippen molar-refractivity contribution in [3.63, 3.8) is 0 Å². The van der Waals surface area contributed by atoms with E-state index >= 15 is 0 Å². The number of hydrogen-bond acceptors (Lipinski definition) is 6. The van der Waals surface area contributed by atoms with Gasteiger partial charge in [-0.1, -0.05) is 23.8 Å². The van der Waals surface area contributed by atoms with Crippen LogP contribution in [0.15, 0.2) is 42.1 Å². The van der Waals surface area contributed by atoms with E-state index in [0.717, 1.165) is 16.7 Å². The van der Waals surface area contributed by atoms with Crippen molar-refractivity contribution in [3.8, 4) is 11.5 Å². The van der Waals surface area contributed by atoms with Gasteiger partial charge < -0.3 is 19.5 Å². The summed E-state index contributed by atoms with van der Waals surface area (Å²) in [6.45, 7) is 12.1. The first-order valence-corrected chi connectivity index (χ1v) is 11.8. The number of anilines is 1. The largest absolute Gasteiger partial charge is 0.490 e. The van der Waals surface area contributed by atoms with Gasteiger partial charge in [-0.2, -0.15) is 0 Å². The van der Waals surface area contributed by atoms with E-state index in [9.17, 15) is 9.59 Å². The molecule has 1 heterocycles. The summed E-state index contributed by atoms with van der Waals surface area (Å²) in [5.74, 6) is 0.563. The van der Waals surface area contributed by atoms with Crippen molar-refractivity contribution in [2.75, 3.05) is 38.3 Å². The van der Waals surface area contributed by atoms with Crippen LogP contribution >= 0.6 is 0 Å². The number of ether oxygens (including phenoxy) is 3. The summed E-state index contributed by atoms with van der Waals surface area (Å²) >= 11 is 0. The van der Waals surface area contributed by atoms with Crippen LogP contribution in [0, 0.1) is 13.8 Å². The maximum absolute atomic E-state index is 13.4. The van der Waals surface area contributed by atoms with E-state index in [-0.39, 0.29) is 17.5 Å². The molecule has 0 fully saturated rings. The molecule has 2 aromatic carbocycles. The summed E-state index contributed by atoms with van der Waals surface area (Å²) in [7, 11) is 0. The molecule has 1 N–H and O–H groups in total. The lowest BCUT2D eigenvalue weighted by atomic mass is 9.97. The SMILES string of the molecule is CCOCCCN1C(=O)C(Nc2ccc(OCC)c(OCC)c2)=C(c2ccc(C)cc2C)C1=O. The fourth-order valence-electron chi connectivity index (χ4n) is 3.98. The number of nitrogens with zero attached hydrogens (tertiary/aromatic N) is 1. The summed E-state index contributed by atoms with van der Waals surface area (Å²) in [4.78, 5) is 28.2. The highest BCUT2D eigenvalue weighted by atomic mass is 16.5. The minimum atomic E-state index is -0.344. The maximum atomic E-state index is 13.4. The van der Waals surface area contributed by atoms with Crippen LogP contribution in [0.4, 0.5) is 5.69 Å². The molecule has 1 aliphatic heterocycles. The van der Waals surface area contributed by atoms with Crippen LogP contribution in [-0.2, 0) is 14.3 Å². The third kappa shape index (κ3) is 5.59. The van der Waals surface area contributed by atoms with E-state index in [0.29, 0.717) is 62.2 Å². The minimum absolute atomic E-state index is 0.264. The number of carbonyl (C=O) groups is 2. The first kappa shape index (κ1) is 25.3. The van der Waals surface area contributed by atoms with Gasteiger partial charge in [-0.25, -0.2) is 0 Å². The van der Waals surface area contributed by atoms with Crippen LogP contribution in [-0.4, -0.2) is 49.7 Å². The van der Waals surface area contributed by atoms with Crippen molar-refractivity contribution < 1.29 is 23.8 Å². The summed E-state index contributed by atoms with van der Waals surface area (Å²) < 4.78 is 16.8. The summed E-state index contributed by atoms with van der Waals surface area (Å²) in [6, 6.07) is 11.3. The smallest absolute Gasteiger partial charge is 0.278 e. The van der Waals surface area contributed by atoms with E-state index in [1.165, 1.54) is 4.90 Å². The van der Waals surface area contributed by atoms with Gasteiger partial charge in [0.25, 0.3) is 11.8 Å². The Hall–Kier alpha value is -3.32. The molecule has 7 heteroatoms. The lowest BCUT2D eigenvalue weighted by Gasteiger charge is -2.16. The molecule has 0 unspecified atom stereocenters. The number of aryl methyl sites for hydroxylation is 2. The predicted octanol–water partition coefficient (Wildman–Crippen LogP) is 4.72. The van der Waals surface area contributed by atoms with Crippen LogP contribution in [0.25, 0.3) is 5.57 Å². The fourth-order valence-corrected chi connectivity index (χ4v) is 3.98. The van der Waals surface area contributed by atoms with Crippen molar-refractivity contribution in [1.29, 1.82) is 0 Å². The topological polar surface area (TPSA) is 77.1 Å². The number of carbonyl (C=O) groups excluding carboxylic acids is 2. The van der Waals surface area contributed by atoms with Gasteiger partial charge in [0, 0.05) is 31.5 Å². The monoisotopic (exact) mass is 466 g/mol. The van der Waals surface area contributed by atoms with Gasteiger partial charge in [0.15, 0.2) is 11.5 Å². The van der Waals surface area contributed by atoms with Crippen molar-refractivity contribution in [1.82, 2.24) is 4.90 Å². The number of nitrogens with one attached hydrogen (secondary N) is 1. The van der Waals surface area contributed by atoms with Gasteiger partial charge in [0.2, 0.25) is 0 Å². The Morgan fingerprint density at radius 1 is 0.853 bits per heavy atom. The molecule has 0 aromatic heterocycles. The molecule has 0 spiro atoms. The Morgan fingerprint density at radius 3 is 2.26 bits per heavy atom. The summed E-state index contributed by atoms with van der Waals surface area (Å²) in [6.07, 6.45) is 0.580. The van der Waals surface area contributed by atoms with E-state index in [4.69, 9.17) is 14.2 Å². The summed E-state index contributed by atoms with van der Waals surface area (Å²) in [5.41, 5.74) is 4.06. The molecule has 0 saturated carbocycles. The zero-order valence-electron chi connectivity index (χ0n) is 20.7. The Morgan fingerprint density at radius 2 is 1.59 bits per heavy atom. The van der Waals surface area contributed by atoms with Crippen LogP contribution in [0.5, 0.6) is 11.5 Å². The highest BCUT2D eigenvalue weighted by Gasteiger charge is 2.39. The molecule has 34 heavy (non-hydrogen) atoms. The third-order valence-electron chi connectivity index (χ3n) is 5.51. The van der Waals surface area contributed by atoms with Crippen molar-refractivity contribution in [2.24, 2.45) is 0 Å². The molecule has 0 bridgehead atoms. The Bertz CT molecular complexity index is 1080. The molecule has 2 amide bonds. The Balaban J connectivity index is 2.00. The van der Waals surface area contributed by atoms with Gasteiger partial charge in [0.1, 0.15) is 5.70 Å². The lowest BCUT2D eigenvalue weighted by Crippen LogP contribution is -2.34. The Labute approximate surface area is 201 Å². The van der Waals surface area contributed by atoms with Crippen molar-refractivity contribution >= 4 is 23.1 Å². The third-order valence-corrected chi connectivity index (χ3v) is 5.51. The predicted molar refractivity (Wildman–Crippen MR) is 133 cm³/mol. The zero-order chi connectivity index (χ0) is 24.7. The molecule has 0 aliphatic carbocycles. The fraction of sp³-hybridized carbons (Fsp3) is 0.407. The van der Waals surface area contributed by atoms with E-state index in [1.54, 1.807) is 12.1 Å². The molecule has 182 valence electrons. The van der Waals surface area contributed by atoms with Gasteiger partial charge >= 0.3 is 0 Å². The van der Waals surface area contributed by atoms with Gasteiger partial charge in [-0.3, -0.25) is 14.5 Å². The molecule has 3 rings (SSSR count). The van der Waals surface area contributed by atoms with Crippen molar-refractivity contribution in [3.05, 3.63) is 58.8 Å². The second-order valence-corrected chi connectivity index (χ2v) is 8.03. The van der Waals surface area contributed by atoms with Crippen LogP contribution in [0.2, 0.25) is 0 Å². The quantitative estimate of drug-likeness (QED) is 0.360. The molecular weight excluding hydrogens is 432 g/mol. The molecular formula is C27H34N2O5. The van der Waals surface area contributed by atoms with Gasteiger partial charge in [-0.05, 0) is 64.3 Å². The second kappa shape index (κ2) is 11.7. The average molecular weight is 467 g/mol. The average Bonchev–Trinajstić information content (AvgIpc) is 3.03. The molecule has 0 saturated heterocycles. The molecule has 1 aliphatic rings. The van der Waals surface area contributed by atoms with E-state index < -0.39 is 0 Å². The van der Waals surface area contributed by atoms with Crippen LogP contribution in [0.3, 0.4) is 0 Å².